The Bertz CT molecular complexity index is 750. The maximum Gasteiger partial charge on any atom is 0.238 e. The summed E-state index contributed by atoms with van der Waals surface area (Å²) in [5, 5.41) is 9.59. The van der Waals surface area contributed by atoms with Gasteiger partial charge in [-0.15, -0.1) is 12.4 Å². The number of hydrogen-bond donors (Lipinski definition) is 2. The van der Waals surface area contributed by atoms with E-state index in [2.05, 4.69) is 5.32 Å². The van der Waals surface area contributed by atoms with E-state index in [9.17, 15) is 8.42 Å². The summed E-state index contributed by atoms with van der Waals surface area (Å²) in [4.78, 5) is 0.122. The van der Waals surface area contributed by atoms with Gasteiger partial charge in [0.25, 0.3) is 0 Å². The molecular weight excluding hydrogens is 379 g/mol. The molecule has 0 unspecified atom stereocenters. The molecular formula is C15H17Cl3N2O2S. The van der Waals surface area contributed by atoms with Crippen LogP contribution in [0.1, 0.15) is 11.1 Å². The van der Waals surface area contributed by atoms with Crippen LogP contribution in [-0.2, 0) is 23.0 Å². The van der Waals surface area contributed by atoms with Crippen LogP contribution in [0.15, 0.2) is 47.4 Å². The van der Waals surface area contributed by atoms with Crippen molar-refractivity contribution in [1.82, 2.24) is 5.32 Å². The van der Waals surface area contributed by atoms with Crippen LogP contribution in [-0.4, -0.2) is 15.0 Å². The van der Waals surface area contributed by atoms with Gasteiger partial charge < -0.3 is 5.32 Å². The summed E-state index contributed by atoms with van der Waals surface area (Å²) in [5.41, 5.74) is 2.01. The van der Waals surface area contributed by atoms with Gasteiger partial charge in [-0.1, -0.05) is 41.4 Å². The van der Waals surface area contributed by atoms with Crippen LogP contribution in [0.3, 0.4) is 0 Å². The van der Waals surface area contributed by atoms with Crippen LogP contribution in [0.4, 0.5) is 0 Å². The van der Waals surface area contributed by atoms with E-state index in [-0.39, 0.29) is 17.3 Å². The molecule has 0 bridgehead atoms. The first-order valence-corrected chi connectivity index (χ1v) is 8.93. The van der Waals surface area contributed by atoms with Crippen LogP contribution in [0.2, 0.25) is 10.0 Å². The first-order chi connectivity index (χ1) is 10.4. The third-order valence-corrected chi connectivity index (χ3v) is 4.69. The summed E-state index contributed by atoms with van der Waals surface area (Å²) in [6.45, 7) is 1.39. The highest BCUT2D eigenvalue weighted by molar-refractivity contribution is 7.89. The second-order valence-corrected chi connectivity index (χ2v) is 7.26. The third-order valence-electron chi connectivity index (χ3n) is 3.17. The lowest BCUT2D eigenvalue weighted by atomic mass is 10.1. The molecule has 0 aliphatic carbocycles. The molecule has 23 heavy (non-hydrogen) atoms. The number of sulfonamides is 1. The van der Waals surface area contributed by atoms with Crippen LogP contribution >= 0.6 is 35.6 Å². The Balaban J connectivity index is 0.00000264. The van der Waals surface area contributed by atoms with Gasteiger partial charge in [0.15, 0.2) is 0 Å². The minimum atomic E-state index is -3.63. The van der Waals surface area contributed by atoms with Crippen molar-refractivity contribution in [2.24, 2.45) is 5.14 Å². The predicted octanol–water partition coefficient (Wildman–Crippen LogP) is 3.39. The zero-order valence-corrected chi connectivity index (χ0v) is 15.3. The Morgan fingerprint density at radius 2 is 1.70 bits per heavy atom. The molecule has 0 aromatic heterocycles. The van der Waals surface area contributed by atoms with E-state index in [1.807, 2.05) is 6.07 Å². The lowest BCUT2D eigenvalue weighted by Crippen LogP contribution is -2.17. The molecule has 0 atom stereocenters. The highest BCUT2D eigenvalue weighted by Gasteiger charge is 2.06. The van der Waals surface area contributed by atoms with Crippen molar-refractivity contribution >= 4 is 45.6 Å². The predicted molar refractivity (Wildman–Crippen MR) is 96.9 cm³/mol. The van der Waals surface area contributed by atoms with E-state index < -0.39 is 10.0 Å². The van der Waals surface area contributed by atoms with Crippen molar-refractivity contribution in [1.29, 1.82) is 0 Å². The minimum Gasteiger partial charge on any atom is -0.312 e. The van der Waals surface area contributed by atoms with E-state index in [0.29, 0.717) is 16.6 Å². The standard InChI is InChI=1S/C15H16Cl2N2O2S.ClH/c16-13-4-3-12(15(17)9-13)10-19-8-7-11-1-5-14(6-2-11)22(18,20)21;/h1-6,9,19H,7-8,10H2,(H2,18,20,21);1H. The number of nitrogens with one attached hydrogen (secondary N) is 1. The van der Waals surface area contributed by atoms with Crippen molar-refractivity contribution in [3.8, 4) is 0 Å². The lowest BCUT2D eigenvalue weighted by molar-refractivity contribution is 0.597. The Kier molecular flexibility index (Phi) is 7.80. The van der Waals surface area contributed by atoms with Gasteiger partial charge in [-0.2, -0.15) is 0 Å². The molecule has 2 aromatic rings. The van der Waals surface area contributed by atoms with Gasteiger partial charge in [-0.25, -0.2) is 13.6 Å². The molecule has 0 fully saturated rings. The van der Waals surface area contributed by atoms with Gasteiger partial charge in [-0.3, -0.25) is 0 Å². The first kappa shape index (κ1) is 20.2. The molecule has 2 aromatic carbocycles. The molecule has 0 saturated carbocycles. The summed E-state index contributed by atoms with van der Waals surface area (Å²) in [6, 6.07) is 12.0. The first-order valence-electron chi connectivity index (χ1n) is 6.62. The summed E-state index contributed by atoms with van der Waals surface area (Å²) in [6.07, 6.45) is 0.774. The van der Waals surface area contributed by atoms with Gasteiger partial charge in [-0.05, 0) is 48.4 Å². The maximum atomic E-state index is 11.2. The highest BCUT2D eigenvalue weighted by atomic mass is 35.5. The topological polar surface area (TPSA) is 72.2 Å². The molecule has 0 spiro atoms. The Hall–Kier alpha value is -0.820. The van der Waals surface area contributed by atoms with Crippen molar-refractivity contribution in [2.45, 2.75) is 17.9 Å². The van der Waals surface area contributed by atoms with E-state index in [1.165, 1.54) is 12.1 Å². The second kappa shape index (κ2) is 8.87. The lowest BCUT2D eigenvalue weighted by Gasteiger charge is -2.07. The van der Waals surface area contributed by atoms with Gasteiger partial charge in [0.05, 0.1) is 4.90 Å². The van der Waals surface area contributed by atoms with Crippen molar-refractivity contribution in [3.05, 3.63) is 63.6 Å². The molecule has 2 rings (SSSR count). The normalized spacial score (nSPS) is 11.1. The fourth-order valence-corrected chi connectivity index (χ4v) is 2.96. The Labute approximate surface area is 152 Å². The fourth-order valence-electron chi connectivity index (χ4n) is 1.97. The maximum absolute atomic E-state index is 11.2. The average molecular weight is 396 g/mol. The molecule has 126 valence electrons. The Morgan fingerprint density at radius 1 is 1.04 bits per heavy atom. The zero-order chi connectivity index (χ0) is 16.2. The number of benzene rings is 2. The molecule has 0 aliphatic rings. The Morgan fingerprint density at radius 3 is 2.26 bits per heavy atom. The summed E-state index contributed by atoms with van der Waals surface area (Å²) in [5.74, 6) is 0. The fraction of sp³-hybridized carbons (Fsp3) is 0.200. The van der Waals surface area contributed by atoms with Crippen molar-refractivity contribution in [3.63, 3.8) is 0 Å². The van der Waals surface area contributed by atoms with Crippen LogP contribution in [0, 0.1) is 0 Å². The largest absolute Gasteiger partial charge is 0.312 e. The van der Waals surface area contributed by atoms with E-state index in [1.54, 1.807) is 24.3 Å². The van der Waals surface area contributed by atoms with Gasteiger partial charge in [0.1, 0.15) is 0 Å². The van der Waals surface area contributed by atoms with Crippen LogP contribution < -0.4 is 10.5 Å². The number of nitrogens with two attached hydrogens (primary N) is 1. The number of primary sulfonamides is 1. The molecule has 3 N–H and O–H groups in total. The van der Waals surface area contributed by atoms with Gasteiger partial charge in [0.2, 0.25) is 10.0 Å². The number of halogens is 3. The molecule has 0 saturated heterocycles. The molecule has 0 radical (unpaired) electrons. The van der Waals surface area contributed by atoms with Crippen molar-refractivity contribution in [2.75, 3.05) is 6.54 Å². The second-order valence-electron chi connectivity index (χ2n) is 4.85. The molecule has 4 nitrogen and oxygen atoms in total. The number of rotatable bonds is 6. The summed E-state index contributed by atoms with van der Waals surface area (Å²) in [7, 11) is -3.63. The SMILES string of the molecule is Cl.NS(=O)(=O)c1ccc(CCNCc2ccc(Cl)cc2Cl)cc1. The van der Waals surface area contributed by atoms with Crippen LogP contribution in [0.5, 0.6) is 0 Å². The summed E-state index contributed by atoms with van der Waals surface area (Å²) >= 11 is 11.9. The summed E-state index contributed by atoms with van der Waals surface area (Å²) < 4.78 is 22.3. The van der Waals surface area contributed by atoms with Crippen LogP contribution in [0.25, 0.3) is 0 Å². The number of hydrogen-bond acceptors (Lipinski definition) is 3. The molecule has 0 heterocycles. The monoisotopic (exact) mass is 394 g/mol. The van der Waals surface area contributed by atoms with Gasteiger partial charge >= 0.3 is 0 Å². The van der Waals surface area contributed by atoms with E-state index in [0.717, 1.165) is 24.1 Å². The minimum absolute atomic E-state index is 0. The third kappa shape index (κ3) is 6.30. The molecule has 8 heteroatoms. The molecule has 0 aliphatic heterocycles. The zero-order valence-electron chi connectivity index (χ0n) is 12.1. The van der Waals surface area contributed by atoms with E-state index >= 15 is 0 Å². The molecule has 0 amide bonds. The average Bonchev–Trinajstić information content (AvgIpc) is 2.45. The highest BCUT2D eigenvalue weighted by Crippen LogP contribution is 2.20. The quantitative estimate of drug-likeness (QED) is 0.736. The van der Waals surface area contributed by atoms with Gasteiger partial charge in [0, 0.05) is 16.6 Å². The smallest absolute Gasteiger partial charge is 0.238 e. The van der Waals surface area contributed by atoms with E-state index in [4.69, 9.17) is 28.3 Å². The van der Waals surface area contributed by atoms with Crippen molar-refractivity contribution < 1.29 is 8.42 Å².